The van der Waals surface area contributed by atoms with Gasteiger partial charge in [-0.15, -0.1) is 45.9 Å². The minimum atomic E-state index is 0. The van der Waals surface area contributed by atoms with E-state index in [9.17, 15) is 0 Å². The number of guanidine groups is 1. The summed E-state index contributed by atoms with van der Waals surface area (Å²) in [6.07, 6.45) is 3.57. The van der Waals surface area contributed by atoms with Gasteiger partial charge in [-0.25, -0.2) is 0 Å². The standard InChI is InChI=1S/C19H30N6OS.HI/c1-3-18-24-23-16-25(18)13-11-21-19(20-10-7-14-26-2)22-12-15-27-17-8-5-4-6-9-17;/h4-6,8-9,16H,3,7,10-15H2,1-2H3,(H2,20,21,22);1H. The molecule has 0 atom stereocenters. The van der Waals surface area contributed by atoms with E-state index in [0.717, 1.165) is 63.2 Å². The van der Waals surface area contributed by atoms with Crippen molar-refractivity contribution in [1.82, 2.24) is 25.4 Å². The molecule has 0 saturated carbocycles. The molecule has 0 unspecified atom stereocenters. The average Bonchev–Trinajstić information content (AvgIpc) is 3.16. The first-order valence-electron chi connectivity index (χ1n) is 9.39. The van der Waals surface area contributed by atoms with Crippen molar-refractivity contribution in [3.05, 3.63) is 42.5 Å². The number of rotatable bonds is 12. The predicted octanol–water partition coefficient (Wildman–Crippen LogP) is 2.82. The van der Waals surface area contributed by atoms with Gasteiger partial charge in [0.2, 0.25) is 0 Å². The first-order valence-corrected chi connectivity index (χ1v) is 10.4. The number of halogens is 1. The van der Waals surface area contributed by atoms with Crippen molar-refractivity contribution < 1.29 is 4.74 Å². The van der Waals surface area contributed by atoms with Gasteiger partial charge in [0.05, 0.1) is 0 Å². The van der Waals surface area contributed by atoms with Crippen LogP contribution in [0.25, 0.3) is 0 Å². The number of nitrogens with zero attached hydrogens (tertiary/aromatic N) is 4. The van der Waals surface area contributed by atoms with Crippen LogP contribution >= 0.6 is 35.7 Å². The van der Waals surface area contributed by atoms with Crippen LogP contribution in [0.3, 0.4) is 0 Å². The van der Waals surface area contributed by atoms with Gasteiger partial charge >= 0.3 is 0 Å². The zero-order chi connectivity index (χ0) is 19.2. The van der Waals surface area contributed by atoms with Crippen molar-refractivity contribution in [1.29, 1.82) is 0 Å². The normalized spacial score (nSPS) is 11.1. The molecule has 0 saturated heterocycles. The molecular weight excluding hydrogens is 487 g/mol. The molecule has 2 rings (SSSR count). The number of benzene rings is 1. The Morgan fingerprint density at radius 1 is 1.21 bits per heavy atom. The first kappa shape index (κ1) is 24.7. The van der Waals surface area contributed by atoms with Crippen molar-refractivity contribution >= 4 is 41.7 Å². The fourth-order valence-electron chi connectivity index (χ4n) is 2.46. The zero-order valence-corrected chi connectivity index (χ0v) is 19.8. The second-order valence-corrected chi connectivity index (χ2v) is 7.05. The Morgan fingerprint density at radius 3 is 2.75 bits per heavy atom. The predicted molar refractivity (Wildman–Crippen MR) is 127 cm³/mol. The summed E-state index contributed by atoms with van der Waals surface area (Å²) in [5.41, 5.74) is 0. The monoisotopic (exact) mass is 518 g/mol. The lowest BCUT2D eigenvalue weighted by Gasteiger charge is -2.13. The van der Waals surface area contributed by atoms with E-state index in [1.807, 2.05) is 17.8 Å². The van der Waals surface area contributed by atoms with Crippen LogP contribution in [0, 0.1) is 0 Å². The van der Waals surface area contributed by atoms with Crippen LogP contribution in [0.2, 0.25) is 0 Å². The highest BCUT2D eigenvalue weighted by Gasteiger charge is 2.03. The van der Waals surface area contributed by atoms with Crippen molar-refractivity contribution in [2.75, 3.05) is 39.1 Å². The Balaban J connectivity index is 0.00000392. The third kappa shape index (κ3) is 9.74. The molecule has 0 radical (unpaired) electrons. The van der Waals surface area contributed by atoms with Gasteiger partial charge in [0.1, 0.15) is 12.2 Å². The summed E-state index contributed by atoms with van der Waals surface area (Å²) in [6.45, 7) is 5.98. The molecule has 2 N–H and O–H groups in total. The Kier molecular flexibility index (Phi) is 13.7. The number of nitrogens with one attached hydrogen (secondary N) is 2. The molecule has 1 aromatic heterocycles. The minimum Gasteiger partial charge on any atom is -0.385 e. The van der Waals surface area contributed by atoms with Gasteiger partial charge in [0.25, 0.3) is 0 Å². The molecule has 28 heavy (non-hydrogen) atoms. The Morgan fingerprint density at radius 2 is 2.00 bits per heavy atom. The maximum atomic E-state index is 5.10. The van der Waals surface area contributed by atoms with E-state index < -0.39 is 0 Å². The van der Waals surface area contributed by atoms with Gasteiger partial charge < -0.3 is 19.9 Å². The highest BCUT2D eigenvalue weighted by molar-refractivity contribution is 14.0. The number of hydrogen-bond donors (Lipinski definition) is 2. The Hall–Kier alpha value is -1.33. The summed E-state index contributed by atoms with van der Waals surface area (Å²) < 4.78 is 7.17. The number of aromatic nitrogens is 3. The lowest BCUT2D eigenvalue weighted by atomic mass is 10.4. The number of ether oxygens (including phenoxy) is 1. The first-order chi connectivity index (χ1) is 13.3. The lowest BCUT2D eigenvalue weighted by Crippen LogP contribution is -2.40. The van der Waals surface area contributed by atoms with E-state index in [4.69, 9.17) is 4.74 Å². The van der Waals surface area contributed by atoms with Gasteiger partial charge in [0.15, 0.2) is 5.96 Å². The third-order valence-corrected chi connectivity index (χ3v) is 4.85. The summed E-state index contributed by atoms with van der Waals surface area (Å²) in [5.74, 6) is 2.82. The van der Waals surface area contributed by atoms with Crippen LogP contribution in [0.4, 0.5) is 0 Å². The van der Waals surface area contributed by atoms with Gasteiger partial charge in [-0.3, -0.25) is 4.99 Å². The lowest BCUT2D eigenvalue weighted by molar-refractivity contribution is 0.197. The zero-order valence-electron chi connectivity index (χ0n) is 16.6. The van der Waals surface area contributed by atoms with Crippen molar-refractivity contribution in [2.45, 2.75) is 31.2 Å². The van der Waals surface area contributed by atoms with Gasteiger partial charge in [-0.05, 0) is 18.6 Å². The average molecular weight is 518 g/mol. The van der Waals surface area contributed by atoms with Crippen LogP contribution < -0.4 is 10.6 Å². The van der Waals surface area contributed by atoms with E-state index >= 15 is 0 Å². The minimum absolute atomic E-state index is 0. The second-order valence-electron chi connectivity index (χ2n) is 5.89. The van der Waals surface area contributed by atoms with Crippen molar-refractivity contribution in [3.8, 4) is 0 Å². The molecule has 0 amide bonds. The second kappa shape index (κ2) is 15.6. The van der Waals surface area contributed by atoms with E-state index in [-0.39, 0.29) is 24.0 Å². The molecule has 1 heterocycles. The molecule has 1 aromatic carbocycles. The highest BCUT2D eigenvalue weighted by Crippen LogP contribution is 2.15. The molecule has 0 aliphatic rings. The molecule has 0 aliphatic heterocycles. The molecule has 2 aromatic rings. The maximum absolute atomic E-state index is 5.10. The Bertz CT molecular complexity index is 667. The third-order valence-electron chi connectivity index (χ3n) is 3.84. The van der Waals surface area contributed by atoms with E-state index in [1.165, 1.54) is 4.90 Å². The molecule has 156 valence electrons. The largest absolute Gasteiger partial charge is 0.385 e. The summed E-state index contributed by atoms with van der Waals surface area (Å²) in [5, 5.41) is 14.9. The molecule has 0 bridgehead atoms. The van der Waals surface area contributed by atoms with E-state index in [0.29, 0.717) is 0 Å². The number of aryl methyl sites for hydroxylation is 1. The number of thioether (sulfide) groups is 1. The van der Waals surface area contributed by atoms with Crippen molar-refractivity contribution in [2.24, 2.45) is 4.99 Å². The van der Waals surface area contributed by atoms with Gasteiger partial charge in [-0.1, -0.05) is 25.1 Å². The number of hydrogen-bond acceptors (Lipinski definition) is 5. The van der Waals surface area contributed by atoms with Gasteiger partial charge in [-0.2, -0.15) is 0 Å². The quantitative estimate of drug-likeness (QED) is 0.148. The smallest absolute Gasteiger partial charge is 0.191 e. The fourth-order valence-corrected chi connectivity index (χ4v) is 3.25. The van der Waals surface area contributed by atoms with Crippen LogP contribution in [-0.4, -0.2) is 59.8 Å². The Labute approximate surface area is 189 Å². The summed E-state index contributed by atoms with van der Waals surface area (Å²) in [4.78, 5) is 5.91. The number of aliphatic imine (C=N–C) groups is 1. The fraction of sp³-hybridized carbons (Fsp3) is 0.526. The molecular formula is C19H31IN6OS. The molecule has 0 spiro atoms. The van der Waals surface area contributed by atoms with Crippen LogP contribution in [0.5, 0.6) is 0 Å². The maximum Gasteiger partial charge on any atom is 0.191 e. The highest BCUT2D eigenvalue weighted by atomic mass is 127. The van der Waals surface area contributed by atoms with E-state index in [1.54, 1.807) is 13.4 Å². The SMILES string of the molecule is CCc1nncn1CCNC(=NCCCOC)NCCSc1ccccc1.I. The van der Waals surface area contributed by atoms with Crippen molar-refractivity contribution in [3.63, 3.8) is 0 Å². The summed E-state index contributed by atoms with van der Waals surface area (Å²) >= 11 is 1.84. The van der Waals surface area contributed by atoms with E-state index in [2.05, 4.69) is 61.6 Å². The molecule has 9 heteroatoms. The topological polar surface area (TPSA) is 76.4 Å². The van der Waals surface area contributed by atoms with Gasteiger partial charge in [0, 0.05) is 57.0 Å². The summed E-state index contributed by atoms with van der Waals surface area (Å²) in [6, 6.07) is 10.4. The molecule has 0 fully saturated rings. The molecule has 0 aliphatic carbocycles. The summed E-state index contributed by atoms with van der Waals surface area (Å²) in [7, 11) is 1.71. The number of methoxy groups -OCH3 is 1. The molecule has 7 nitrogen and oxygen atoms in total. The van der Waals surface area contributed by atoms with Crippen LogP contribution in [0.15, 0.2) is 46.5 Å². The van der Waals surface area contributed by atoms with Crippen LogP contribution in [-0.2, 0) is 17.7 Å². The van der Waals surface area contributed by atoms with Crippen LogP contribution in [0.1, 0.15) is 19.2 Å².